The van der Waals surface area contributed by atoms with E-state index in [0.29, 0.717) is 17.0 Å². The van der Waals surface area contributed by atoms with Crippen LogP contribution in [0.1, 0.15) is 46.4 Å². The van der Waals surface area contributed by atoms with Crippen LogP contribution in [-0.4, -0.2) is 44.9 Å². The highest BCUT2D eigenvalue weighted by atomic mass is 32.2. The van der Waals surface area contributed by atoms with Crippen LogP contribution in [0.4, 0.5) is 0 Å². The Hall–Kier alpha value is -1.40. The number of benzene rings is 1. The minimum Gasteiger partial charge on any atom is -0.357 e. The van der Waals surface area contributed by atoms with Crippen molar-refractivity contribution >= 4 is 40.1 Å². The van der Waals surface area contributed by atoms with Gasteiger partial charge in [0.2, 0.25) is 0 Å². The summed E-state index contributed by atoms with van der Waals surface area (Å²) < 4.78 is 0.824. The van der Waals surface area contributed by atoms with Gasteiger partial charge >= 0.3 is 0 Å². The summed E-state index contributed by atoms with van der Waals surface area (Å²) in [7, 11) is 0. The molecule has 0 N–H and O–H groups in total. The molecular formula is C18H20N2O2S2. The molecule has 2 saturated heterocycles. The molecule has 1 saturated carbocycles. The Labute approximate surface area is 151 Å². The van der Waals surface area contributed by atoms with E-state index in [1.807, 2.05) is 0 Å². The highest BCUT2D eigenvalue weighted by Crippen LogP contribution is 2.35. The number of hydrogen-bond donors (Lipinski definition) is 0. The van der Waals surface area contributed by atoms with Crippen molar-refractivity contribution in [1.29, 1.82) is 0 Å². The first-order valence-corrected chi connectivity index (χ1v) is 9.90. The Bertz CT molecular complexity index is 649. The van der Waals surface area contributed by atoms with Gasteiger partial charge in [0.15, 0.2) is 0 Å². The molecular weight excluding hydrogens is 340 g/mol. The molecule has 24 heavy (non-hydrogen) atoms. The van der Waals surface area contributed by atoms with Crippen molar-refractivity contribution in [3.8, 4) is 0 Å². The lowest BCUT2D eigenvalue weighted by atomic mass is 9.84. The van der Waals surface area contributed by atoms with Gasteiger partial charge in [-0.25, -0.2) is 0 Å². The van der Waals surface area contributed by atoms with Gasteiger partial charge in [-0.05, 0) is 49.7 Å². The molecule has 3 aliphatic heterocycles. The fraction of sp³-hybridized carbons (Fsp3) is 0.500. The summed E-state index contributed by atoms with van der Waals surface area (Å²) in [6.45, 7) is 2.06. The molecule has 1 aromatic rings. The van der Waals surface area contributed by atoms with Gasteiger partial charge in [-0.3, -0.25) is 14.5 Å². The number of carbonyl (C=O) groups is 2. The lowest BCUT2D eigenvalue weighted by molar-refractivity contribution is 0.0684. The first-order chi connectivity index (χ1) is 11.6. The van der Waals surface area contributed by atoms with Crippen molar-refractivity contribution in [3.05, 3.63) is 35.4 Å². The van der Waals surface area contributed by atoms with E-state index in [1.165, 1.54) is 42.3 Å². The van der Waals surface area contributed by atoms with Crippen LogP contribution in [0.2, 0.25) is 0 Å². The van der Waals surface area contributed by atoms with Gasteiger partial charge in [0.05, 0.1) is 17.0 Å². The van der Waals surface area contributed by atoms with Crippen LogP contribution >= 0.6 is 24.0 Å². The average Bonchev–Trinajstić information content (AvgIpc) is 2.82. The number of thioether (sulfide) groups is 1. The number of carbonyl (C=O) groups excluding carboxylic acids is 2. The normalized spacial score (nSPS) is 25.8. The van der Waals surface area contributed by atoms with Crippen molar-refractivity contribution in [2.75, 3.05) is 19.0 Å². The second kappa shape index (κ2) is 6.48. The van der Waals surface area contributed by atoms with E-state index in [-0.39, 0.29) is 11.8 Å². The molecule has 2 amide bonds. The molecule has 3 heterocycles. The summed E-state index contributed by atoms with van der Waals surface area (Å²) in [6.07, 6.45) is 5.25. The minimum absolute atomic E-state index is 0.207. The van der Waals surface area contributed by atoms with Gasteiger partial charge in [0.1, 0.15) is 4.32 Å². The molecule has 126 valence electrons. The fourth-order valence-corrected chi connectivity index (χ4v) is 5.12. The van der Waals surface area contributed by atoms with Crippen LogP contribution in [-0.2, 0) is 0 Å². The Morgan fingerprint density at radius 1 is 1.00 bits per heavy atom. The van der Waals surface area contributed by atoms with Crippen LogP contribution < -0.4 is 0 Å². The van der Waals surface area contributed by atoms with Crippen molar-refractivity contribution in [1.82, 2.24) is 9.80 Å². The summed E-state index contributed by atoms with van der Waals surface area (Å²) in [6, 6.07) is 7.01. The maximum atomic E-state index is 12.4. The zero-order valence-corrected chi connectivity index (χ0v) is 15.1. The summed E-state index contributed by atoms with van der Waals surface area (Å²) in [5, 5.41) is 0. The van der Waals surface area contributed by atoms with Gasteiger partial charge in [-0.15, -0.1) is 0 Å². The van der Waals surface area contributed by atoms with E-state index in [1.54, 1.807) is 24.3 Å². The molecule has 5 rings (SSSR count). The number of thiocarbonyl (C=S) groups is 1. The molecule has 2 bridgehead atoms. The molecule has 4 aliphatic rings. The van der Waals surface area contributed by atoms with Crippen LogP contribution in [0.25, 0.3) is 0 Å². The SMILES string of the molecule is O=C1c2ccccc2C(=O)N1CSC(=S)N1CC2CCC(CC2)C1. The highest BCUT2D eigenvalue weighted by Gasteiger charge is 2.36. The summed E-state index contributed by atoms with van der Waals surface area (Å²) in [4.78, 5) is 28.4. The van der Waals surface area contributed by atoms with Crippen molar-refractivity contribution in [3.63, 3.8) is 0 Å². The molecule has 0 aromatic heterocycles. The highest BCUT2D eigenvalue weighted by molar-refractivity contribution is 8.22. The zero-order valence-electron chi connectivity index (χ0n) is 13.4. The van der Waals surface area contributed by atoms with E-state index in [9.17, 15) is 9.59 Å². The van der Waals surface area contributed by atoms with E-state index >= 15 is 0 Å². The molecule has 3 fully saturated rings. The third-order valence-corrected chi connectivity index (χ3v) is 6.88. The van der Waals surface area contributed by atoms with Crippen LogP contribution in [0.15, 0.2) is 24.3 Å². The van der Waals surface area contributed by atoms with E-state index in [4.69, 9.17) is 12.2 Å². The molecule has 0 atom stereocenters. The Morgan fingerprint density at radius 2 is 1.50 bits per heavy atom. The monoisotopic (exact) mass is 360 g/mol. The van der Waals surface area contributed by atoms with Gasteiger partial charge in [-0.1, -0.05) is 36.1 Å². The van der Waals surface area contributed by atoms with Gasteiger partial charge in [-0.2, -0.15) is 0 Å². The quantitative estimate of drug-likeness (QED) is 0.597. The van der Waals surface area contributed by atoms with Gasteiger partial charge < -0.3 is 4.90 Å². The van der Waals surface area contributed by atoms with Crippen LogP contribution in [0, 0.1) is 11.8 Å². The Balaban J connectivity index is 1.40. The predicted octanol–water partition coefficient (Wildman–Crippen LogP) is 3.38. The molecule has 4 nitrogen and oxygen atoms in total. The topological polar surface area (TPSA) is 40.6 Å². The Morgan fingerprint density at radius 3 is 2.00 bits per heavy atom. The number of imide groups is 1. The summed E-state index contributed by atoms with van der Waals surface area (Å²) in [5.41, 5.74) is 1.00. The smallest absolute Gasteiger partial charge is 0.262 e. The number of hydrogen-bond acceptors (Lipinski definition) is 4. The first kappa shape index (κ1) is 16.1. The summed E-state index contributed by atoms with van der Waals surface area (Å²) >= 11 is 7.05. The van der Waals surface area contributed by atoms with Crippen molar-refractivity contribution < 1.29 is 9.59 Å². The number of nitrogens with zero attached hydrogens (tertiary/aromatic N) is 2. The fourth-order valence-electron chi connectivity index (χ4n) is 4.01. The average molecular weight is 361 g/mol. The first-order valence-electron chi connectivity index (χ1n) is 8.50. The van der Waals surface area contributed by atoms with E-state index in [2.05, 4.69) is 4.90 Å². The molecule has 1 aromatic carbocycles. The second-order valence-electron chi connectivity index (χ2n) is 6.91. The molecule has 6 heteroatoms. The van der Waals surface area contributed by atoms with Crippen LogP contribution in [0.3, 0.4) is 0 Å². The third kappa shape index (κ3) is 2.86. The van der Waals surface area contributed by atoms with Crippen molar-refractivity contribution in [2.24, 2.45) is 11.8 Å². The molecule has 0 spiro atoms. The van der Waals surface area contributed by atoms with Crippen LogP contribution in [0.5, 0.6) is 0 Å². The number of fused-ring (bicyclic) bond motifs is 5. The maximum absolute atomic E-state index is 12.4. The van der Waals surface area contributed by atoms with E-state index < -0.39 is 0 Å². The van der Waals surface area contributed by atoms with Gasteiger partial charge in [0.25, 0.3) is 11.8 Å². The van der Waals surface area contributed by atoms with Crippen molar-refractivity contribution in [2.45, 2.75) is 25.7 Å². The lowest BCUT2D eigenvalue weighted by Crippen LogP contribution is -2.35. The van der Waals surface area contributed by atoms with Gasteiger partial charge in [0, 0.05) is 13.1 Å². The molecule has 0 unspecified atom stereocenters. The molecule has 1 aliphatic carbocycles. The number of amides is 2. The zero-order chi connectivity index (χ0) is 16.7. The lowest BCUT2D eigenvalue weighted by Gasteiger charge is -2.25. The Kier molecular flexibility index (Phi) is 4.35. The van der Waals surface area contributed by atoms with E-state index in [0.717, 1.165) is 29.2 Å². The third-order valence-electron chi connectivity index (χ3n) is 5.38. The summed E-state index contributed by atoms with van der Waals surface area (Å²) in [5.74, 6) is 1.39. The molecule has 0 radical (unpaired) electrons. The predicted molar refractivity (Wildman–Crippen MR) is 99.0 cm³/mol. The minimum atomic E-state index is -0.207. The maximum Gasteiger partial charge on any atom is 0.262 e. The number of rotatable bonds is 2. The largest absolute Gasteiger partial charge is 0.357 e. The second-order valence-corrected chi connectivity index (χ2v) is 8.49. The standard InChI is InChI=1S/C18H20N2O2S2/c21-16-14-3-1-2-4-15(14)17(22)20(16)11-24-18(23)19-9-12-5-6-13(10-19)8-7-12/h1-4,12-13H,5-11H2.